The number of aliphatic hydroxyl groups is 1. The molecule has 1 fully saturated rings. The maximum Gasteiger partial charge on any atom is 0.243 e. The van der Waals surface area contributed by atoms with Crippen LogP contribution in [0.5, 0.6) is 0 Å². The Morgan fingerprint density at radius 2 is 2.16 bits per heavy atom. The quantitative estimate of drug-likeness (QED) is 0.922. The zero-order valence-corrected chi connectivity index (χ0v) is 12.3. The van der Waals surface area contributed by atoms with Crippen LogP contribution in [0, 0.1) is 6.92 Å². The van der Waals surface area contributed by atoms with Crippen LogP contribution in [-0.2, 0) is 10.0 Å². The first-order valence-electron chi connectivity index (χ1n) is 6.67. The van der Waals surface area contributed by atoms with E-state index < -0.39 is 15.6 Å². The first-order chi connectivity index (χ1) is 8.87. The molecule has 1 aliphatic rings. The third-order valence-electron chi connectivity index (χ3n) is 3.81. The van der Waals surface area contributed by atoms with Crippen LogP contribution in [-0.4, -0.2) is 36.5 Å². The van der Waals surface area contributed by atoms with Crippen molar-refractivity contribution in [1.29, 1.82) is 0 Å². The Morgan fingerprint density at radius 1 is 1.42 bits per heavy atom. The molecule has 0 amide bonds. The monoisotopic (exact) mass is 283 g/mol. The molecule has 1 aliphatic heterocycles. The van der Waals surface area contributed by atoms with E-state index in [0.717, 1.165) is 5.56 Å². The molecule has 0 bridgehead atoms. The molecule has 0 aromatic heterocycles. The second-order valence-corrected chi connectivity index (χ2v) is 7.27. The minimum absolute atomic E-state index is 0.194. The third kappa shape index (κ3) is 2.99. The number of nitrogens with zero attached hydrogens (tertiary/aromatic N) is 1. The summed E-state index contributed by atoms with van der Waals surface area (Å²) in [6, 6.07) is 6.91. The number of β-amino-alcohol motifs (C(OH)–C–C–N with tert-alkyl or cyclic N) is 1. The lowest BCUT2D eigenvalue weighted by Gasteiger charge is -2.37. The van der Waals surface area contributed by atoms with Crippen molar-refractivity contribution >= 4 is 10.0 Å². The number of hydrogen-bond acceptors (Lipinski definition) is 3. The molecule has 19 heavy (non-hydrogen) atoms. The standard InChI is InChI=1S/C14H21NO3S/c1-3-14(16)8-5-9-15(11-14)19(17,18)13-7-4-6-12(2)10-13/h4,6-7,10,16H,3,5,8-9,11H2,1-2H3. The third-order valence-corrected chi connectivity index (χ3v) is 5.65. The fourth-order valence-electron chi connectivity index (χ4n) is 2.49. The highest BCUT2D eigenvalue weighted by molar-refractivity contribution is 7.89. The Labute approximate surface area is 115 Å². The molecular weight excluding hydrogens is 262 g/mol. The minimum atomic E-state index is -3.49. The van der Waals surface area contributed by atoms with Crippen LogP contribution in [0.1, 0.15) is 31.7 Å². The molecule has 1 aromatic rings. The summed E-state index contributed by atoms with van der Waals surface area (Å²) in [6.45, 7) is 4.44. The fourth-order valence-corrected chi connectivity index (χ4v) is 4.15. The first kappa shape index (κ1) is 14.5. The van der Waals surface area contributed by atoms with Gasteiger partial charge < -0.3 is 5.11 Å². The van der Waals surface area contributed by atoms with Crippen LogP contribution in [0.15, 0.2) is 29.2 Å². The van der Waals surface area contributed by atoms with Crippen LogP contribution >= 0.6 is 0 Å². The van der Waals surface area contributed by atoms with Gasteiger partial charge in [0.05, 0.1) is 10.5 Å². The summed E-state index contributed by atoms with van der Waals surface area (Å²) in [6.07, 6.45) is 1.95. The van der Waals surface area contributed by atoms with E-state index in [0.29, 0.717) is 30.7 Å². The lowest BCUT2D eigenvalue weighted by atomic mass is 9.92. The van der Waals surface area contributed by atoms with Crippen LogP contribution in [0.25, 0.3) is 0 Å². The summed E-state index contributed by atoms with van der Waals surface area (Å²) in [5.74, 6) is 0. The largest absolute Gasteiger partial charge is 0.389 e. The van der Waals surface area contributed by atoms with E-state index in [1.165, 1.54) is 4.31 Å². The topological polar surface area (TPSA) is 57.6 Å². The molecule has 0 spiro atoms. The van der Waals surface area contributed by atoms with Crippen molar-refractivity contribution in [3.8, 4) is 0 Å². The van der Waals surface area contributed by atoms with E-state index in [4.69, 9.17) is 0 Å². The molecule has 0 aliphatic carbocycles. The molecule has 0 saturated carbocycles. The number of rotatable bonds is 3. The fraction of sp³-hybridized carbons (Fsp3) is 0.571. The summed E-state index contributed by atoms with van der Waals surface area (Å²) in [5, 5.41) is 10.3. The van der Waals surface area contributed by atoms with Gasteiger partial charge in [-0.1, -0.05) is 19.1 Å². The van der Waals surface area contributed by atoms with Crippen molar-refractivity contribution in [2.75, 3.05) is 13.1 Å². The number of piperidine rings is 1. The zero-order valence-electron chi connectivity index (χ0n) is 11.5. The van der Waals surface area contributed by atoms with Crippen molar-refractivity contribution in [2.45, 2.75) is 43.6 Å². The molecule has 0 radical (unpaired) electrons. The molecule has 1 saturated heterocycles. The predicted molar refractivity (Wildman–Crippen MR) is 74.4 cm³/mol. The molecule has 4 nitrogen and oxygen atoms in total. The zero-order chi connectivity index (χ0) is 14.1. The van der Waals surface area contributed by atoms with Crippen molar-refractivity contribution in [2.24, 2.45) is 0 Å². The molecule has 2 rings (SSSR count). The molecular formula is C14H21NO3S. The summed E-state index contributed by atoms with van der Waals surface area (Å²) in [5.41, 5.74) is 0.0404. The summed E-state index contributed by atoms with van der Waals surface area (Å²) < 4.78 is 26.5. The number of hydrogen-bond donors (Lipinski definition) is 1. The van der Waals surface area contributed by atoms with Gasteiger partial charge >= 0.3 is 0 Å². The van der Waals surface area contributed by atoms with E-state index >= 15 is 0 Å². The average Bonchev–Trinajstić information content (AvgIpc) is 2.39. The SMILES string of the molecule is CCC1(O)CCCN(S(=O)(=O)c2cccc(C)c2)C1. The summed E-state index contributed by atoms with van der Waals surface area (Å²) >= 11 is 0. The van der Waals surface area contributed by atoms with Gasteiger partial charge in [-0.25, -0.2) is 8.42 Å². The summed E-state index contributed by atoms with van der Waals surface area (Å²) in [4.78, 5) is 0.313. The molecule has 1 unspecified atom stereocenters. The lowest BCUT2D eigenvalue weighted by molar-refractivity contribution is -0.0107. The van der Waals surface area contributed by atoms with Gasteiger partial charge in [-0.2, -0.15) is 4.31 Å². The Kier molecular flexibility index (Phi) is 3.99. The van der Waals surface area contributed by atoms with Crippen molar-refractivity contribution in [3.05, 3.63) is 29.8 Å². The normalized spacial score (nSPS) is 25.4. The van der Waals surface area contributed by atoms with Crippen LogP contribution in [0.4, 0.5) is 0 Å². The smallest absolute Gasteiger partial charge is 0.243 e. The Morgan fingerprint density at radius 3 is 2.79 bits per heavy atom. The molecule has 106 valence electrons. The van der Waals surface area contributed by atoms with Gasteiger partial charge in [-0.15, -0.1) is 0 Å². The van der Waals surface area contributed by atoms with E-state index in [1.807, 2.05) is 19.9 Å². The molecule has 1 aromatic carbocycles. The van der Waals surface area contributed by atoms with Crippen LogP contribution in [0.3, 0.4) is 0 Å². The van der Waals surface area contributed by atoms with E-state index in [2.05, 4.69) is 0 Å². The van der Waals surface area contributed by atoms with Gasteiger partial charge in [0.2, 0.25) is 10.0 Å². The minimum Gasteiger partial charge on any atom is -0.389 e. The maximum atomic E-state index is 12.6. The van der Waals surface area contributed by atoms with E-state index in [-0.39, 0.29) is 6.54 Å². The van der Waals surface area contributed by atoms with Gasteiger partial charge in [-0.05, 0) is 43.9 Å². The van der Waals surface area contributed by atoms with Gasteiger partial charge in [0, 0.05) is 13.1 Å². The molecule has 5 heteroatoms. The van der Waals surface area contributed by atoms with Crippen LogP contribution in [0.2, 0.25) is 0 Å². The number of aryl methyl sites for hydroxylation is 1. The second-order valence-electron chi connectivity index (χ2n) is 5.34. The van der Waals surface area contributed by atoms with Gasteiger partial charge in [-0.3, -0.25) is 0 Å². The van der Waals surface area contributed by atoms with E-state index in [9.17, 15) is 13.5 Å². The predicted octanol–water partition coefficient (Wildman–Crippen LogP) is 1.92. The van der Waals surface area contributed by atoms with Crippen LogP contribution < -0.4 is 0 Å². The van der Waals surface area contributed by atoms with E-state index in [1.54, 1.807) is 18.2 Å². The van der Waals surface area contributed by atoms with Gasteiger partial charge in [0.25, 0.3) is 0 Å². The number of benzene rings is 1. The molecule has 1 N–H and O–H groups in total. The maximum absolute atomic E-state index is 12.6. The molecule has 1 atom stereocenters. The van der Waals surface area contributed by atoms with Crippen molar-refractivity contribution in [1.82, 2.24) is 4.31 Å². The Hall–Kier alpha value is -0.910. The molecule has 1 heterocycles. The highest BCUT2D eigenvalue weighted by Crippen LogP contribution is 2.28. The lowest BCUT2D eigenvalue weighted by Crippen LogP contribution is -2.49. The van der Waals surface area contributed by atoms with Gasteiger partial charge in [0.15, 0.2) is 0 Å². The summed E-state index contributed by atoms with van der Waals surface area (Å²) in [7, 11) is -3.49. The number of sulfonamides is 1. The Balaban J connectivity index is 2.30. The Bertz CT molecular complexity index is 556. The second kappa shape index (κ2) is 5.23. The highest BCUT2D eigenvalue weighted by atomic mass is 32.2. The average molecular weight is 283 g/mol. The highest BCUT2D eigenvalue weighted by Gasteiger charge is 2.37. The first-order valence-corrected chi connectivity index (χ1v) is 8.11. The van der Waals surface area contributed by atoms with Crippen molar-refractivity contribution in [3.63, 3.8) is 0 Å². The van der Waals surface area contributed by atoms with Gasteiger partial charge in [0.1, 0.15) is 0 Å². The van der Waals surface area contributed by atoms with Crippen molar-refractivity contribution < 1.29 is 13.5 Å².